The van der Waals surface area contributed by atoms with Crippen LogP contribution in [-0.4, -0.2) is 5.91 Å². The lowest BCUT2D eigenvalue weighted by Gasteiger charge is -2.03. The number of aryl methyl sites for hydroxylation is 2. The first-order valence-electron chi connectivity index (χ1n) is 6.28. The first kappa shape index (κ1) is 13.8. The third-order valence-electron chi connectivity index (χ3n) is 3.08. The Balaban J connectivity index is 1.85. The van der Waals surface area contributed by atoms with Gasteiger partial charge in [0.1, 0.15) is 0 Å². The molecule has 19 heavy (non-hydrogen) atoms. The Morgan fingerprint density at radius 1 is 0.895 bits per heavy atom. The Labute approximate surface area is 121 Å². The fourth-order valence-electron chi connectivity index (χ4n) is 1.98. The molecule has 0 heterocycles. The number of rotatable bonds is 5. The summed E-state index contributed by atoms with van der Waals surface area (Å²) in [7, 11) is 0. The zero-order valence-electron chi connectivity index (χ0n) is 10.6. The highest BCUT2D eigenvalue weighted by molar-refractivity contribution is 9.10. The summed E-state index contributed by atoms with van der Waals surface area (Å²) in [5.41, 5.74) is 8.36. The summed E-state index contributed by atoms with van der Waals surface area (Å²) in [6, 6.07) is 15.9. The summed E-state index contributed by atoms with van der Waals surface area (Å²) in [5.74, 6) is -0.374. The lowest BCUT2D eigenvalue weighted by molar-refractivity contribution is 0.100. The number of nitrogens with two attached hydrogens (primary N) is 1. The van der Waals surface area contributed by atoms with Crippen LogP contribution in [0.25, 0.3) is 0 Å². The maximum Gasteiger partial charge on any atom is 0.248 e. The second kappa shape index (κ2) is 6.53. The predicted octanol–water partition coefficient (Wildman–Crippen LogP) is 3.72. The van der Waals surface area contributed by atoms with Gasteiger partial charge in [-0.15, -0.1) is 0 Å². The molecule has 1 amide bonds. The molecular formula is C16H16BrNO. The number of benzene rings is 2. The van der Waals surface area contributed by atoms with Crippen LogP contribution in [0.5, 0.6) is 0 Å². The van der Waals surface area contributed by atoms with Gasteiger partial charge < -0.3 is 5.73 Å². The molecule has 2 nitrogen and oxygen atoms in total. The van der Waals surface area contributed by atoms with Gasteiger partial charge in [-0.25, -0.2) is 0 Å². The van der Waals surface area contributed by atoms with Gasteiger partial charge in [-0.3, -0.25) is 4.79 Å². The third kappa shape index (κ3) is 4.21. The zero-order chi connectivity index (χ0) is 13.7. The third-order valence-corrected chi connectivity index (χ3v) is 3.61. The van der Waals surface area contributed by atoms with Crippen molar-refractivity contribution >= 4 is 21.8 Å². The average Bonchev–Trinajstić information content (AvgIpc) is 2.41. The maximum absolute atomic E-state index is 11.0. The van der Waals surface area contributed by atoms with E-state index in [1.165, 1.54) is 11.1 Å². The van der Waals surface area contributed by atoms with Gasteiger partial charge in [0.05, 0.1) is 0 Å². The monoisotopic (exact) mass is 317 g/mol. The number of hydrogen-bond acceptors (Lipinski definition) is 1. The van der Waals surface area contributed by atoms with Crippen molar-refractivity contribution in [3.63, 3.8) is 0 Å². The second-order valence-electron chi connectivity index (χ2n) is 4.54. The lowest BCUT2D eigenvalue weighted by atomic mass is 10.0. The topological polar surface area (TPSA) is 43.1 Å². The number of hydrogen-bond donors (Lipinski definition) is 1. The van der Waals surface area contributed by atoms with Crippen molar-refractivity contribution < 1.29 is 4.79 Å². The number of halogens is 1. The molecule has 0 aliphatic rings. The molecule has 0 aromatic heterocycles. The van der Waals surface area contributed by atoms with Crippen LogP contribution in [0.2, 0.25) is 0 Å². The standard InChI is InChI=1S/C16H16BrNO/c17-15-10-6-13(7-11-15)3-1-2-12-4-8-14(9-5-12)16(18)19/h4-11H,1-3H2,(H2,18,19). The molecule has 0 aliphatic heterocycles. The molecule has 2 aromatic rings. The Morgan fingerprint density at radius 3 is 1.84 bits per heavy atom. The van der Waals surface area contributed by atoms with Crippen LogP contribution in [0.1, 0.15) is 27.9 Å². The maximum atomic E-state index is 11.0. The first-order valence-corrected chi connectivity index (χ1v) is 7.07. The van der Waals surface area contributed by atoms with Crippen LogP contribution < -0.4 is 5.73 Å². The largest absolute Gasteiger partial charge is 0.366 e. The molecule has 0 fully saturated rings. The van der Waals surface area contributed by atoms with Crippen molar-refractivity contribution in [1.82, 2.24) is 0 Å². The van der Waals surface area contributed by atoms with Crippen molar-refractivity contribution in [2.45, 2.75) is 19.3 Å². The molecule has 0 atom stereocenters. The van der Waals surface area contributed by atoms with Crippen molar-refractivity contribution in [3.8, 4) is 0 Å². The molecular weight excluding hydrogens is 302 g/mol. The minimum absolute atomic E-state index is 0.374. The fraction of sp³-hybridized carbons (Fsp3) is 0.188. The SMILES string of the molecule is NC(=O)c1ccc(CCCc2ccc(Br)cc2)cc1. The normalized spacial score (nSPS) is 10.4. The van der Waals surface area contributed by atoms with E-state index in [4.69, 9.17) is 5.73 Å². The molecule has 0 aliphatic carbocycles. The molecule has 0 saturated heterocycles. The van der Waals surface area contributed by atoms with Gasteiger partial charge in [-0.05, 0) is 54.7 Å². The fourth-order valence-corrected chi connectivity index (χ4v) is 2.25. The van der Waals surface area contributed by atoms with Gasteiger partial charge in [0, 0.05) is 10.0 Å². The summed E-state index contributed by atoms with van der Waals surface area (Å²) in [6.07, 6.45) is 3.16. The summed E-state index contributed by atoms with van der Waals surface area (Å²) < 4.78 is 1.11. The van der Waals surface area contributed by atoms with Crippen LogP contribution in [0.3, 0.4) is 0 Å². The molecule has 0 spiro atoms. The van der Waals surface area contributed by atoms with Gasteiger partial charge in [0.15, 0.2) is 0 Å². The van der Waals surface area contributed by atoms with E-state index in [-0.39, 0.29) is 5.91 Å². The minimum Gasteiger partial charge on any atom is -0.366 e. The Kier molecular flexibility index (Phi) is 4.74. The summed E-state index contributed by atoms with van der Waals surface area (Å²) in [6.45, 7) is 0. The quantitative estimate of drug-likeness (QED) is 0.897. The molecule has 98 valence electrons. The number of amides is 1. The van der Waals surface area contributed by atoms with Gasteiger partial charge >= 0.3 is 0 Å². The molecule has 2 N–H and O–H groups in total. The van der Waals surface area contributed by atoms with E-state index in [1.807, 2.05) is 12.1 Å². The molecule has 2 aromatic carbocycles. The Hall–Kier alpha value is -1.61. The minimum atomic E-state index is -0.374. The number of carbonyl (C=O) groups excluding carboxylic acids is 1. The van der Waals surface area contributed by atoms with Crippen LogP contribution in [0, 0.1) is 0 Å². The van der Waals surface area contributed by atoms with Gasteiger partial charge in [0.2, 0.25) is 5.91 Å². The highest BCUT2D eigenvalue weighted by Crippen LogP contribution is 2.13. The molecule has 0 bridgehead atoms. The molecule has 0 unspecified atom stereocenters. The predicted molar refractivity (Wildman–Crippen MR) is 81.1 cm³/mol. The Morgan fingerprint density at radius 2 is 1.37 bits per heavy atom. The zero-order valence-corrected chi connectivity index (χ0v) is 12.2. The number of primary amides is 1. The highest BCUT2D eigenvalue weighted by atomic mass is 79.9. The van der Waals surface area contributed by atoms with Crippen molar-refractivity contribution in [2.24, 2.45) is 5.73 Å². The summed E-state index contributed by atoms with van der Waals surface area (Å²) in [4.78, 5) is 11.0. The van der Waals surface area contributed by atoms with Crippen molar-refractivity contribution in [1.29, 1.82) is 0 Å². The Bertz CT molecular complexity index is 546. The van der Waals surface area contributed by atoms with Crippen LogP contribution in [0.15, 0.2) is 53.0 Å². The molecule has 2 rings (SSSR count). The summed E-state index contributed by atoms with van der Waals surface area (Å²) >= 11 is 3.43. The van der Waals surface area contributed by atoms with Gasteiger partial charge in [-0.2, -0.15) is 0 Å². The van der Waals surface area contributed by atoms with E-state index in [0.717, 1.165) is 23.7 Å². The average molecular weight is 318 g/mol. The van der Waals surface area contributed by atoms with E-state index < -0.39 is 0 Å². The van der Waals surface area contributed by atoms with E-state index in [0.29, 0.717) is 5.56 Å². The molecule has 0 radical (unpaired) electrons. The first-order chi connectivity index (χ1) is 9.15. The van der Waals surface area contributed by atoms with Crippen LogP contribution in [-0.2, 0) is 12.8 Å². The van der Waals surface area contributed by atoms with Crippen molar-refractivity contribution in [3.05, 3.63) is 69.7 Å². The molecule has 3 heteroatoms. The van der Waals surface area contributed by atoms with Gasteiger partial charge in [0.25, 0.3) is 0 Å². The van der Waals surface area contributed by atoms with E-state index in [9.17, 15) is 4.79 Å². The summed E-state index contributed by atoms with van der Waals surface area (Å²) in [5, 5.41) is 0. The smallest absolute Gasteiger partial charge is 0.248 e. The van der Waals surface area contributed by atoms with E-state index in [2.05, 4.69) is 40.2 Å². The van der Waals surface area contributed by atoms with Crippen LogP contribution in [0.4, 0.5) is 0 Å². The number of carbonyl (C=O) groups is 1. The van der Waals surface area contributed by atoms with Gasteiger partial charge in [-0.1, -0.05) is 40.2 Å². The van der Waals surface area contributed by atoms with E-state index in [1.54, 1.807) is 12.1 Å². The van der Waals surface area contributed by atoms with E-state index >= 15 is 0 Å². The molecule has 0 saturated carbocycles. The highest BCUT2D eigenvalue weighted by Gasteiger charge is 2.00. The van der Waals surface area contributed by atoms with Crippen LogP contribution >= 0.6 is 15.9 Å². The van der Waals surface area contributed by atoms with Crippen molar-refractivity contribution in [2.75, 3.05) is 0 Å². The second-order valence-corrected chi connectivity index (χ2v) is 5.46. The lowest BCUT2D eigenvalue weighted by Crippen LogP contribution is -2.10.